The van der Waals surface area contributed by atoms with Crippen LogP contribution in [0.25, 0.3) is 0 Å². The Morgan fingerprint density at radius 3 is 2.78 bits per heavy atom. The van der Waals surface area contributed by atoms with Gasteiger partial charge in [0, 0.05) is 21.8 Å². The van der Waals surface area contributed by atoms with Crippen molar-refractivity contribution in [2.75, 3.05) is 5.32 Å². The summed E-state index contributed by atoms with van der Waals surface area (Å²) in [7, 11) is 0. The topological polar surface area (TPSA) is 46.9 Å². The molecule has 2 aromatic carbocycles. The van der Waals surface area contributed by atoms with Gasteiger partial charge in [-0.1, -0.05) is 35.9 Å². The van der Waals surface area contributed by atoms with Gasteiger partial charge in [0.05, 0.1) is 12.1 Å². The van der Waals surface area contributed by atoms with Crippen LogP contribution >= 0.6 is 27.5 Å². The minimum Gasteiger partial charge on any atom is -0.305 e. The molecule has 0 aliphatic rings. The predicted octanol–water partition coefficient (Wildman–Crippen LogP) is 4.60. The van der Waals surface area contributed by atoms with E-state index in [1.807, 2.05) is 48.7 Å². The number of nitrogens with one attached hydrogen (secondary N) is 1. The van der Waals surface area contributed by atoms with Gasteiger partial charge in [-0.15, -0.1) is 0 Å². The number of benzene rings is 2. The molecule has 3 aromatic rings. The Bertz CT molecular complexity index is 847. The summed E-state index contributed by atoms with van der Waals surface area (Å²) in [4.78, 5) is 12.2. The monoisotopic (exact) mass is 389 g/mol. The lowest BCUT2D eigenvalue weighted by atomic mass is 10.2. The lowest BCUT2D eigenvalue weighted by Gasteiger charge is -2.05. The Morgan fingerprint density at radius 2 is 2.00 bits per heavy atom. The SMILES string of the molecule is O=C(Nc1ccn(Cc2cccc(Cl)c2)n1)c1ccccc1Br. The van der Waals surface area contributed by atoms with Gasteiger partial charge in [0.25, 0.3) is 5.91 Å². The molecule has 0 fully saturated rings. The van der Waals surface area contributed by atoms with Crippen LogP contribution in [0.3, 0.4) is 0 Å². The van der Waals surface area contributed by atoms with Crippen molar-refractivity contribution in [3.8, 4) is 0 Å². The van der Waals surface area contributed by atoms with Crippen molar-refractivity contribution in [3.63, 3.8) is 0 Å². The minimum atomic E-state index is -0.203. The van der Waals surface area contributed by atoms with E-state index in [4.69, 9.17) is 11.6 Å². The Morgan fingerprint density at radius 1 is 1.17 bits per heavy atom. The summed E-state index contributed by atoms with van der Waals surface area (Å²) < 4.78 is 2.50. The zero-order valence-electron chi connectivity index (χ0n) is 12.0. The molecular formula is C17H13BrClN3O. The first-order valence-corrected chi connectivity index (χ1v) is 8.13. The molecule has 0 bridgehead atoms. The molecule has 0 atom stereocenters. The van der Waals surface area contributed by atoms with Crippen LogP contribution in [-0.2, 0) is 6.54 Å². The fourth-order valence-electron chi connectivity index (χ4n) is 2.17. The highest BCUT2D eigenvalue weighted by atomic mass is 79.9. The van der Waals surface area contributed by atoms with Crippen molar-refractivity contribution in [1.82, 2.24) is 9.78 Å². The minimum absolute atomic E-state index is 0.203. The number of amides is 1. The maximum absolute atomic E-state index is 12.2. The van der Waals surface area contributed by atoms with Crippen LogP contribution in [-0.4, -0.2) is 15.7 Å². The molecule has 0 aliphatic carbocycles. The molecule has 1 aromatic heterocycles. The average Bonchev–Trinajstić information content (AvgIpc) is 2.94. The summed E-state index contributed by atoms with van der Waals surface area (Å²) >= 11 is 9.34. The van der Waals surface area contributed by atoms with Crippen molar-refractivity contribution in [2.24, 2.45) is 0 Å². The highest BCUT2D eigenvalue weighted by Crippen LogP contribution is 2.17. The first-order chi connectivity index (χ1) is 11.1. The van der Waals surface area contributed by atoms with Crippen molar-refractivity contribution in [3.05, 3.63) is 81.4 Å². The van der Waals surface area contributed by atoms with Gasteiger partial charge in [0.15, 0.2) is 5.82 Å². The van der Waals surface area contributed by atoms with Crippen molar-refractivity contribution >= 4 is 39.3 Å². The van der Waals surface area contributed by atoms with E-state index in [9.17, 15) is 4.79 Å². The summed E-state index contributed by atoms with van der Waals surface area (Å²) in [5, 5.41) is 7.84. The van der Waals surface area contributed by atoms with Gasteiger partial charge >= 0.3 is 0 Å². The molecule has 0 unspecified atom stereocenters. The quantitative estimate of drug-likeness (QED) is 0.708. The summed E-state index contributed by atoms with van der Waals surface area (Å²) in [6.45, 7) is 0.589. The number of aromatic nitrogens is 2. The largest absolute Gasteiger partial charge is 0.305 e. The molecule has 6 heteroatoms. The molecular weight excluding hydrogens is 378 g/mol. The van der Waals surface area contributed by atoms with Gasteiger partial charge in [-0.3, -0.25) is 9.48 Å². The summed E-state index contributed by atoms with van der Waals surface area (Å²) in [5.74, 6) is 0.304. The fourth-order valence-corrected chi connectivity index (χ4v) is 2.85. The van der Waals surface area contributed by atoms with E-state index in [1.54, 1.807) is 16.8 Å². The highest BCUT2D eigenvalue weighted by Gasteiger charge is 2.11. The molecule has 3 rings (SSSR count). The summed E-state index contributed by atoms with van der Waals surface area (Å²) in [6.07, 6.45) is 1.82. The molecule has 4 nitrogen and oxygen atoms in total. The lowest BCUT2D eigenvalue weighted by Crippen LogP contribution is -2.13. The molecule has 0 saturated carbocycles. The second-order valence-corrected chi connectivity index (χ2v) is 6.25. The number of nitrogens with zero attached hydrogens (tertiary/aromatic N) is 2. The van der Waals surface area contributed by atoms with Crippen molar-refractivity contribution in [1.29, 1.82) is 0 Å². The summed E-state index contributed by atoms with van der Waals surface area (Å²) in [5.41, 5.74) is 1.61. The normalized spacial score (nSPS) is 10.5. The molecule has 0 radical (unpaired) electrons. The maximum Gasteiger partial charge on any atom is 0.258 e. The zero-order valence-corrected chi connectivity index (χ0v) is 14.4. The molecule has 23 heavy (non-hydrogen) atoms. The number of carbonyl (C=O) groups excluding carboxylic acids is 1. The molecule has 0 spiro atoms. The van der Waals surface area contributed by atoms with Gasteiger partial charge in [-0.05, 0) is 45.8 Å². The highest BCUT2D eigenvalue weighted by molar-refractivity contribution is 9.10. The standard InChI is InChI=1S/C17H13BrClN3O/c18-15-7-2-1-6-14(15)17(23)20-16-8-9-22(21-16)11-12-4-3-5-13(19)10-12/h1-10H,11H2,(H,20,21,23). The van der Waals surface area contributed by atoms with Crippen LogP contribution in [0.15, 0.2) is 65.3 Å². The van der Waals surface area contributed by atoms with E-state index >= 15 is 0 Å². The van der Waals surface area contributed by atoms with Crippen LogP contribution in [0.2, 0.25) is 5.02 Å². The third kappa shape index (κ3) is 4.00. The number of carbonyl (C=O) groups is 1. The zero-order chi connectivity index (χ0) is 16.2. The number of anilines is 1. The number of rotatable bonds is 4. The van der Waals surface area contributed by atoms with Crippen molar-refractivity contribution in [2.45, 2.75) is 6.54 Å². The summed E-state index contributed by atoms with van der Waals surface area (Å²) in [6, 6.07) is 16.6. The van der Waals surface area contributed by atoms with Crippen LogP contribution in [0, 0.1) is 0 Å². The molecule has 0 saturated heterocycles. The molecule has 1 N–H and O–H groups in total. The smallest absolute Gasteiger partial charge is 0.258 e. The van der Waals surface area contributed by atoms with E-state index in [1.165, 1.54) is 0 Å². The molecule has 1 amide bonds. The van der Waals surface area contributed by atoms with Gasteiger partial charge in [0.1, 0.15) is 0 Å². The van der Waals surface area contributed by atoms with Gasteiger partial charge < -0.3 is 5.32 Å². The first kappa shape index (κ1) is 15.8. The average molecular weight is 391 g/mol. The Labute approximate surface area is 147 Å². The van der Waals surface area contributed by atoms with E-state index in [2.05, 4.69) is 26.3 Å². The molecule has 0 aliphatic heterocycles. The van der Waals surface area contributed by atoms with Gasteiger partial charge in [0.2, 0.25) is 0 Å². The van der Waals surface area contributed by atoms with E-state index < -0.39 is 0 Å². The molecule has 1 heterocycles. The van der Waals surface area contributed by atoms with Crippen LogP contribution in [0.4, 0.5) is 5.82 Å². The van der Waals surface area contributed by atoms with E-state index in [-0.39, 0.29) is 5.91 Å². The van der Waals surface area contributed by atoms with Crippen LogP contribution < -0.4 is 5.32 Å². The third-order valence-corrected chi connectivity index (χ3v) is 4.16. The number of hydrogen-bond acceptors (Lipinski definition) is 2. The number of hydrogen-bond donors (Lipinski definition) is 1. The maximum atomic E-state index is 12.2. The first-order valence-electron chi connectivity index (χ1n) is 6.95. The molecule has 116 valence electrons. The van der Waals surface area contributed by atoms with Crippen molar-refractivity contribution < 1.29 is 4.79 Å². The van der Waals surface area contributed by atoms with E-state index in [0.717, 1.165) is 10.0 Å². The number of halogens is 2. The van der Waals surface area contributed by atoms with E-state index in [0.29, 0.717) is 22.9 Å². The third-order valence-electron chi connectivity index (χ3n) is 3.23. The van der Waals surface area contributed by atoms with Crippen LogP contribution in [0.5, 0.6) is 0 Å². The Hall–Kier alpha value is -2.11. The second kappa shape index (κ2) is 6.98. The Kier molecular flexibility index (Phi) is 4.79. The predicted molar refractivity (Wildman–Crippen MR) is 94.9 cm³/mol. The fraction of sp³-hybridized carbons (Fsp3) is 0.0588. The Balaban J connectivity index is 1.70. The van der Waals surface area contributed by atoms with Gasteiger partial charge in [-0.25, -0.2) is 0 Å². The lowest BCUT2D eigenvalue weighted by molar-refractivity contribution is 0.102. The second-order valence-electron chi connectivity index (χ2n) is 4.96. The van der Waals surface area contributed by atoms with Gasteiger partial charge in [-0.2, -0.15) is 5.10 Å². The van der Waals surface area contributed by atoms with Crippen LogP contribution in [0.1, 0.15) is 15.9 Å².